The molecule has 86 valence electrons. The lowest BCUT2D eigenvalue weighted by molar-refractivity contribution is -0.137. The Hall–Kier alpha value is -1.72. The molecule has 7 heteroatoms. The molecule has 16 heavy (non-hydrogen) atoms. The molecule has 0 aliphatic carbocycles. The van der Waals surface area contributed by atoms with Crippen molar-refractivity contribution in [3.63, 3.8) is 0 Å². The van der Waals surface area contributed by atoms with Crippen molar-refractivity contribution in [1.82, 2.24) is 0 Å². The lowest BCUT2D eigenvalue weighted by Gasteiger charge is -2.10. The second-order valence-electron chi connectivity index (χ2n) is 3.02. The summed E-state index contributed by atoms with van der Waals surface area (Å²) in [6.07, 6.45) is -4.40. The quantitative estimate of drug-likeness (QED) is 0.484. The Bertz CT molecular complexity index is 395. The van der Waals surface area contributed by atoms with Gasteiger partial charge in [0.15, 0.2) is 0 Å². The van der Waals surface area contributed by atoms with Gasteiger partial charge in [-0.05, 0) is 23.2 Å². The molecule has 1 aromatic carbocycles. The van der Waals surface area contributed by atoms with Crippen LogP contribution in [0, 0.1) is 0 Å². The fourth-order valence-corrected chi connectivity index (χ4v) is 1.17. The summed E-state index contributed by atoms with van der Waals surface area (Å²) in [5.74, 6) is 0. The highest BCUT2D eigenvalue weighted by atomic mass is 19.4. The summed E-state index contributed by atoms with van der Waals surface area (Å²) >= 11 is 0. The van der Waals surface area contributed by atoms with Crippen molar-refractivity contribution in [3.05, 3.63) is 45.8 Å². The van der Waals surface area contributed by atoms with Crippen LogP contribution in [0.4, 0.5) is 13.2 Å². The number of alkyl halides is 3. The molecule has 0 aromatic heterocycles. The third kappa shape index (κ3) is 2.88. The highest BCUT2D eigenvalue weighted by Crippen LogP contribution is 2.30. The molecule has 0 heterocycles. The Morgan fingerprint density at radius 2 is 1.88 bits per heavy atom. The molecular weight excluding hydrogens is 223 g/mol. The number of aliphatic hydroxyl groups excluding tert-OH is 1. The molecule has 1 atom stereocenters. The molecule has 0 aliphatic heterocycles. The lowest BCUT2D eigenvalue weighted by atomic mass is 10.1. The molecule has 0 radical (unpaired) electrons. The van der Waals surface area contributed by atoms with Crippen LogP contribution < -0.4 is 0 Å². The zero-order chi connectivity index (χ0) is 12.2. The van der Waals surface area contributed by atoms with Gasteiger partial charge in [-0.25, -0.2) is 0 Å². The van der Waals surface area contributed by atoms with Crippen LogP contribution in [0.15, 0.2) is 29.4 Å². The van der Waals surface area contributed by atoms with Crippen LogP contribution in [0.1, 0.15) is 17.2 Å². The number of halogens is 3. The highest BCUT2D eigenvalue weighted by molar-refractivity contribution is 5.26. The molecule has 0 amide bonds. The Morgan fingerprint density at radius 3 is 2.25 bits per heavy atom. The summed E-state index contributed by atoms with van der Waals surface area (Å²) in [6, 6.07) is 3.26. The molecule has 0 saturated heterocycles. The van der Waals surface area contributed by atoms with Crippen molar-refractivity contribution in [1.29, 1.82) is 0 Å². The first-order chi connectivity index (χ1) is 7.49. The minimum Gasteiger partial charge on any atom is -0.396 e. The van der Waals surface area contributed by atoms with E-state index in [-0.39, 0.29) is 0 Å². The van der Waals surface area contributed by atoms with Gasteiger partial charge < -0.3 is 5.11 Å². The van der Waals surface area contributed by atoms with Crippen LogP contribution >= 0.6 is 0 Å². The highest BCUT2D eigenvalue weighted by Gasteiger charge is 2.30. The van der Waals surface area contributed by atoms with Crippen LogP contribution in [0.3, 0.4) is 0 Å². The summed E-state index contributed by atoms with van der Waals surface area (Å²) in [4.78, 5) is 2.50. The molecule has 0 saturated carbocycles. The van der Waals surface area contributed by atoms with Gasteiger partial charge in [0.2, 0.25) is 0 Å². The first kappa shape index (κ1) is 12.4. The van der Waals surface area contributed by atoms with Gasteiger partial charge >= 0.3 is 6.18 Å². The minimum atomic E-state index is -4.40. The van der Waals surface area contributed by atoms with Gasteiger partial charge in [0.1, 0.15) is 0 Å². The third-order valence-corrected chi connectivity index (χ3v) is 1.99. The fraction of sp³-hybridized carbons (Fsp3) is 0.333. The third-order valence-electron chi connectivity index (χ3n) is 1.99. The molecule has 1 rings (SSSR count). The molecule has 0 aliphatic rings. The van der Waals surface area contributed by atoms with Crippen molar-refractivity contribution < 1.29 is 18.3 Å². The topological polar surface area (TPSA) is 69.0 Å². The van der Waals surface area contributed by atoms with Gasteiger partial charge in [0.25, 0.3) is 0 Å². The van der Waals surface area contributed by atoms with E-state index in [9.17, 15) is 13.2 Å². The maximum atomic E-state index is 12.2. The van der Waals surface area contributed by atoms with Gasteiger partial charge in [-0.1, -0.05) is 17.2 Å². The van der Waals surface area contributed by atoms with E-state index in [1.807, 2.05) is 0 Å². The van der Waals surface area contributed by atoms with Crippen LogP contribution in [-0.4, -0.2) is 11.7 Å². The second kappa shape index (κ2) is 4.87. The number of hydrogen-bond acceptors (Lipinski definition) is 2. The summed E-state index contributed by atoms with van der Waals surface area (Å²) < 4.78 is 36.7. The van der Waals surface area contributed by atoms with Gasteiger partial charge in [0, 0.05) is 4.91 Å². The molecule has 0 fully saturated rings. The summed E-state index contributed by atoms with van der Waals surface area (Å²) in [5.41, 5.74) is 7.74. The molecule has 0 unspecified atom stereocenters. The maximum absolute atomic E-state index is 12.2. The number of aliphatic hydroxyl groups is 1. The van der Waals surface area contributed by atoms with Gasteiger partial charge in [-0.2, -0.15) is 13.2 Å². The van der Waals surface area contributed by atoms with E-state index < -0.39 is 24.4 Å². The summed E-state index contributed by atoms with van der Waals surface area (Å²) in [6.45, 7) is -0.449. The molecule has 0 bridgehead atoms. The van der Waals surface area contributed by atoms with Gasteiger partial charge in [-0.15, -0.1) is 0 Å². The predicted octanol–water partition coefficient (Wildman–Crippen LogP) is 3.05. The average molecular weight is 231 g/mol. The van der Waals surface area contributed by atoms with Gasteiger partial charge in [-0.3, -0.25) is 0 Å². The van der Waals surface area contributed by atoms with Crippen LogP contribution in [0.5, 0.6) is 0 Å². The van der Waals surface area contributed by atoms with E-state index in [1.165, 1.54) is 12.1 Å². The summed E-state index contributed by atoms with van der Waals surface area (Å²) in [5, 5.41) is 12.1. The number of benzene rings is 1. The van der Waals surface area contributed by atoms with Crippen molar-refractivity contribution in [3.8, 4) is 0 Å². The van der Waals surface area contributed by atoms with Crippen molar-refractivity contribution >= 4 is 0 Å². The number of hydrogen-bond donors (Lipinski definition) is 1. The van der Waals surface area contributed by atoms with Crippen LogP contribution in [0.25, 0.3) is 10.4 Å². The first-order valence-corrected chi connectivity index (χ1v) is 4.31. The van der Waals surface area contributed by atoms with E-state index in [1.54, 1.807) is 0 Å². The van der Waals surface area contributed by atoms with E-state index in [4.69, 9.17) is 10.6 Å². The number of nitrogens with zero attached hydrogens (tertiary/aromatic N) is 3. The minimum absolute atomic E-state index is 0.341. The monoisotopic (exact) mass is 231 g/mol. The first-order valence-electron chi connectivity index (χ1n) is 4.31. The second-order valence-corrected chi connectivity index (χ2v) is 3.02. The Morgan fingerprint density at radius 1 is 1.31 bits per heavy atom. The van der Waals surface area contributed by atoms with Crippen molar-refractivity contribution in [2.45, 2.75) is 12.2 Å². The normalized spacial score (nSPS) is 13.0. The SMILES string of the molecule is [N-]=[N+]=N[C@H](CO)c1ccc(C(F)(F)F)cc1. The van der Waals surface area contributed by atoms with Crippen LogP contribution in [0.2, 0.25) is 0 Å². The molecule has 1 aromatic rings. The maximum Gasteiger partial charge on any atom is 0.416 e. The molecule has 0 spiro atoms. The summed E-state index contributed by atoms with van der Waals surface area (Å²) in [7, 11) is 0. The largest absolute Gasteiger partial charge is 0.416 e. The predicted molar refractivity (Wildman–Crippen MR) is 50.4 cm³/mol. The Labute approximate surface area is 89.0 Å². The zero-order valence-corrected chi connectivity index (χ0v) is 8.02. The van der Waals surface area contributed by atoms with Crippen molar-refractivity contribution in [2.24, 2.45) is 5.11 Å². The molecular formula is C9H8F3N3O. The van der Waals surface area contributed by atoms with Crippen molar-refractivity contribution in [2.75, 3.05) is 6.61 Å². The van der Waals surface area contributed by atoms with E-state index in [2.05, 4.69) is 10.0 Å². The zero-order valence-electron chi connectivity index (χ0n) is 8.02. The smallest absolute Gasteiger partial charge is 0.396 e. The standard InChI is InChI=1S/C9H8F3N3O/c10-9(11,12)7-3-1-6(2-4-7)8(5-16)14-15-13/h1-4,8,16H,5H2/t8-/m1/s1. The molecule has 1 N–H and O–H groups in total. The molecule has 4 nitrogen and oxygen atoms in total. The average Bonchev–Trinajstić information content (AvgIpc) is 2.25. The number of azide groups is 1. The van der Waals surface area contributed by atoms with Crippen LogP contribution in [-0.2, 0) is 6.18 Å². The Balaban J connectivity index is 2.98. The fourth-order valence-electron chi connectivity index (χ4n) is 1.17. The Kier molecular flexibility index (Phi) is 3.76. The number of rotatable bonds is 3. The van der Waals surface area contributed by atoms with E-state index in [0.717, 1.165) is 12.1 Å². The van der Waals surface area contributed by atoms with E-state index in [0.29, 0.717) is 5.56 Å². The van der Waals surface area contributed by atoms with E-state index >= 15 is 0 Å². The van der Waals surface area contributed by atoms with Gasteiger partial charge in [0.05, 0.1) is 18.2 Å². The lowest BCUT2D eigenvalue weighted by Crippen LogP contribution is -2.06.